The monoisotopic (exact) mass is 182 g/mol. The van der Waals surface area contributed by atoms with E-state index >= 15 is 0 Å². The summed E-state index contributed by atoms with van der Waals surface area (Å²) in [6, 6.07) is 0. The molecule has 0 saturated heterocycles. The molecule has 0 saturated carbocycles. The third-order valence-electron chi connectivity index (χ3n) is 1.17. The summed E-state index contributed by atoms with van der Waals surface area (Å²) in [4.78, 5) is 16.9. The number of allylic oxidation sites excluding steroid dienone is 1. The van der Waals surface area contributed by atoms with Crippen LogP contribution in [0.3, 0.4) is 0 Å². The number of hydrogen-bond donors (Lipinski definition) is 0. The first-order chi connectivity index (χ1) is 5.70. The topological polar surface area (TPSA) is 33.2 Å². The van der Waals surface area contributed by atoms with Crippen LogP contribution in [0, 0.1) is 0 Å². The van der Waals surface area contributed by atoms with Crippen molar-refractivity contribution in [3.05, 3.63) is 28.9 Å². The Balaban J connectivity index is 2.62. The molecule has 0 aromatic carbocycles. The van der Waals surface area contributed by atoms with Gasteiger partial charge in [0.2, 0.25) is 5.78 Å². The number of carbonyl (C=O) groups excluding carboxylic acids is 1. The summed E-state index contributed by atoms with van der Waals surface area (Å²) in [5.41, 5.74) is 0. The van der Waals surface area contributed by atoms with Crippen LogP contribution in [-0.2, 0) is 0 Å². The Bertz CT molecular complexity index is 277. The molecule has 1 aromatic rings. The summed E-state index contributed by atoms with van der Waals surface area (Å²) in [5.74, 6) is -0.0429. The Hall–Kier alpha value is -1.16. The van der Waals surface area contributed by atoms with E-state index in [2.05, 4.69) is 4.98 Å². The second-order valence-corrected chi connectivity index (χ2v) is 3.38. The summed E-state index contributed by atoms with van der Waals surface area (Å²) in [6.45, 7) is 0. The van der Waals surface area contributed by atoms with Crippen LogP contribution in [0.1, 0.15) is 9.80 Å². The van der Waals surface area contributed by atoms with Gasteiger partial charge in [0.1, 0.15) is 0 Å². The molecule has 3 nitrogen and oxygen atoms in total. The molecule has 0 spiro atoms. The van der Waals surface area contributed by atoms with Crippen LogP contribution in [0.4, 0.5) is 0 Å². The van der Waals surface area contributed by atoms with Crippen molar-refractivity contribution in [3.8, 4) is 0 Å². The molecule has 64 valence electrons. The lowest BCUT2D eigenvalue weighted by molar-refractivity contribution is 0.104. The number of ketones is 1. The van der Waals surface area contributed by atoms with Crippen LogP contribution >= 0.6 is 11.3 Å². The first-order valence-electron chi connectivity index (χ1n) is 3.48. The minimum atomic E-state index is -0.0429. The number of nitrogens with zero attached hydrogens (tertiary/aromatic N) is 2. The minimum absolute atomic E-state index is 0.0429. The van der Waals surface area contributed by atoms with Crippen molar-refractivity contribution in [1.82, 2.24) is 9.88 Å². The van der Waals surface area contributed by atoms with Crippen molar-refractivity contribution in [3.63, 3.8) is 0 Å². The molecule has 4 heteroatoms. The Morgan fingerprint density at radius 1 is 1.67 bits per heavy atom. The van der Waals surface area contributed by atoms with Gasteiger partial charge in [-0.3, -0.25) is 4.79 Å². The molecule has 0 aliphatic rings. The molecule has 1 heterocycles. The molecule has 0 aliphatic carbocycles. The van der Waals surface area contributed by atoms with Gasteiger partial charge in [-0.25, -0.2) is 4.98 Å². The van der Waals surface area contributed by atoms with Gasteiger partial charge in [-0.15, -0.1) is 11.3 Å². The molecule has 0 atom stereocenters. The summed E-state index contributed by atoms with van der Waals surface area (Å²) >= 11 is 1.35. The molecule has 0 N–H and O–H groups in total. The maximum absolute atomic E-state index is 11.2. The van der Waals surface area contributed by atoms with Crippen LogP contribution in [-0.4, -0.2) is 29.8 Å². The average molecular weight is 182 g/mol. The highest BCUT2D eigenvalue weighted by atomic mass is 32.1. The van der Waals surface area contributed by atoms with Crippen LogP contribution < -0.4 is 0 Å². The number of rotatable bonds is 3. The average Bonchev–Trinajstić information content (AvgIpc) is 2.51. The number of hydrogen-bond acceptors (Lipinski definition) is 4. The van der Waals surface area contributed by atoms with E-state index in [1.807, 2.05) is 19.0 Å². The summed E-state index contributed by atoms with van der Waals surface area (Å²) < 4.78 is 0. The Labute approximate surface area is 75.3 Å². The summed E-state index contributed by atoms with van der Waals surface area (Å²) in [6.07, 6.45) is 4.85. The Kier molecular flexibility index (Phi) is 2.99. The second-order valence-electron chi connectivity index (χ2n) is 2.48. The van der Waals surface area contributed by atoms with Gasteiger partial charge in [-0.05, 0) is 0 Å². The molecule has 0 radical (unpaired) electrons. The van der Waals surface area contributed by atoms with E-state index in [-0.39, 0.29) is 5.78 Å². The third-order valence-corrected chi connectivity index (χ3v) is 1.95. The van der Waals surface area contributed by atoms with Gasteiger partial charge in [0, 0.05) is 37.9 Å². The van der Waals surface area contributed by atoms with Crippen molar-refractivity contribution in [1.29, 1.82) is 0 Å². The van der Waals surface area contributed by atoms with E-state index in [0.717, 1.165) is 0 Å². The Morgan fingerprint density at radius 3 is 2.92 bits per heavy atom. The molecule has 12 heavy (non-hydrogen) atoms. The van der Waals surface area contributed by atoms with Gasteiger partial charge in [-0.2, -0.15) is 0 Å². The highest BCUT2D eigenvalue weighted by Crippen LogP contribution is 2.05. The Morgan fingerprint density at radius 2 is 2.42 bits per heavy atom. The van der Waals surface area contributed by atoms with E-state index in [0.29, 0.717) is 5.01 Å². The minimum Gasteiger partial charge on any atom is -0.383 e. The number of aromatic nitrogens is 1. The molecular formula is C8H10N2OS. The maximum Gasteiger partial charge on any atom is 0.215 e. The molecule has 1 aromatic heterocycles. The zero-order chi connectivity index (χ0) is 8.97. The first-order valence-corrected chi connectivity index (χ1v) is 4.36. The van der Waals surface area contributed by atoms with E-state index in [9.17, 15) is 4.79 Å². The van der Waals surface area contributed by atoms with Gasteiger partial charge in [0.15, 0.2) is 5.01 Å². The largest absolute Gasteiger partial charge is 0.383 e. The first kappa shape index (κ1) is 8.93. The lowest BCUT2D eigenvalue weighted by atomic mass is 10.4. The predicted octanol–water partition coefficient (Wildman–Crippen LogP) is 1.40. The van der Waals surface area contributed by atoms with Crippen LogP contribution in [0.2, 0.25) is 0 Å². The SMILES string of the molecule is CN(C)C=CC(=O)c1nccs1. The van der Waals surface area contributed by atoms with Gasteiger partial charge < -0.3 is 4.90 Å². The lowest BCUT2D eigenvalue weighted by Gasteiger charge is -2.01. The standard InChI is InChI=1S/C8H10N2OS/c1-10(2)5-3-7(11)8-9-4-6-12-8/h3-6H,1-2H3. The van der Waals surface area contributed by atoms with E-state index in [1.165, 1.54) is 17.4 Å². The third kappa shape index (κ3) is 2.47. The molecule has 0 amide bonds. The highest BCUT2D eigenvalue weighted by Gasteiger charge is 2.02. The fraction of sp³-hybridized carbons (Fsp3) is 0.250. The molecule has 0 fully saturated rings. The van der Waals surface area contributed by atoms with E-state index < -0.39 is 0 Å². The quantitative estimate of drug-likeness (QED) is 0.523. The van der Waals surface area contributed by atoms with Gasteiger partial charge in [-0.1, -0.05) is 0 Å². The van der Waals surface area contributed by atoms with Crippen molar-refractivity contribution >= 4 is 17.1 Å². The number of carbonyl (C=O) groups is 1. The van der Waals surface area contributed by atoms with Crippen molar-refractivity contribution in [2.45, 2.75) is 0 Å². The fourth-order valence-electron chi connectivity index (χ4n) is 0.633. The molecule has 1 rings (SSSR count). The normalized spacial score (nSPS) is 10.5. The molecule has 0 unspecified atom stereocenters. The van der Waals surface area contributed by atoms with Crippen LogP contribution in [0.15, 0.2) is 23.9 Å². The maximum atomic E-state index is 11.2. The summed E-state index contributed by atoms with van der Waals surface area (Å²) in [7, 11) is 3.73. The van der Waals surface area contributed by atoms with Crippen molar-refractivity contribution < 1.29 is 4.79 Å². The van der Waals surface area contributed by atoms with Gasteiger partial charge >= 0.3 is 0 Å². The van der Waals surface area contributed by atoms with E-state index in [1.54, 1.807) is 17.8 Å². The molecule has 0 aliphatic heterocycles. The fourth-order valence-corrected chi connectivity index (χ4v) is 1.19. The molecular weight excluding hydrogens is 172 g/mol. The summed E-state index contributed by atoms with van der Waals surface area (Å²) in [5, 5.41) is 2.32. The lowest BCUT2D eigenvalue weighted by Crippen LogP contribution is -2.02. The van der Waals surface area contributed by atoms with E-state index in [4.69, 9.17) is 0 Å². The van der Waals surface area contributed by atoms with Crippen LogP contribution in [0.25, 0.3) is 0 Å². The number of thiazole rings is 1. The van der Waals surface area contributed by atoms with Crippen molar-refractivity contribution in [2.75, 3.05) is 14.1 Å². The second kappa shape index (κ2) is 4.01. The smallest absolute Gasteiger partial charge is 0.215 e. The predicted molar refractivity (Wildman–Crippen MR) is 49.3 cm³/mol. The van der Waals surface area contributed by atoms with Crippen LogP contribution in [0.5, 0.6) is 0 Å². The highest BCUT2D eigenvalue weighted by molar-refractivity contribution is 7.11. The zero-order valence-corrected chi connectivity index (χ0v) is 7.84. The zero-order valence-electron chi connectivity index (χ0n) is 7.02. The van der Waals surface area contributed by atoms with Crippen molar-refractivity contribution in [2.24, 2.45) is 0 Å². The molecule has 0 bridgehead atoms. The van der Waals surface area contributed by atoms with Gasteiger partial charge in [0.25, 0.3) is 0 Å². The van der Waals surface area contributed by atoms with Gasteiger partial charge in [0.05, 0.1) is 0 Å².